The van der Waals surface area contributed by atoms with E-state index in [0.717, 1.165) is 16.5 Å². The predicted octanol–water partition coefficient (Wildman–Crippen LogP) is 3.58. The van der Waals surface area contributed by atoms with Gasteiger partial charge >= 0.3 is 5.97 Å². The highest BCUT2D eigenvalue weighted by Crippen LogP contribution is 2.37. The van der Waals surface area contributed by atoms with E-state index in [4.69, 9.17) is 16.7 Å². The standard InChI is InChI=1S/C14H16ClNO2/c1-14(2,8-12(17)18)10-4-5-11-9(13(10)15)6-7-16(11)3/h4-7H,8H2,1-3H3,(H,17,18). The largest absolute Gasteiger partial charge is 0.481 e. The Hall–Kier alpha value is -1.48. The summed E-state index contributed by atoms with van der Waals surface area (Å²) < 4.78 is 2.00. The molecule has 0 fully saturated rings. The molecule has 0 aliphatic heterocycles. The van der Waals surface area contributed by atoms with Gasteiger partial charge < -0.3 is 9.67 Å². The van der Waals surface area contributed by atoms with Gasteiger partial charge in [-0.15, -0.1) is 0 Å². The first-order valence-corrected chi connectivity index (χ1v) is 6.16. The zero-order valence-electron chi connectivity index (χ0n) is 10.7. The minimum atomic E-state index is -0.816. The first-order valence-electron chi connectivity index (χ1n) is 5.79. The molecule has 0 unspecified atom stereocenters. The highest BCUT2D eigenvalue weighted by Gasteiger charge is 2.27. The average molecular weight is 266 g/mol. The van der Waals surface area contributed by atoms with Gasteiger partial charge in [-0.2, -0.15) is 0 Å². The van der Waals surface area contributed by atoms with E-state index in [9.17, 15) is 4.79 Å². The molecule has 0 saturated carbocycles. The van der Waals surface area contributed by atoms with Crippen LogP contribution in [0.2, 0.25) is 5.02 Å². The summed E-state index contributed by atoms with van der Waals surface area (Å²) in [7, 11) is 1.96. The Morgan fingerprint density at radius 2 is 2.06 bits per heavy atom. The van der Waals surface area contributed by atoms with Gasteiger partial charge in [0.15, 0.2) is 0 Å². The molecular formula is C14H16ClNO2. The van der Waals surface area contributed by atoms with Gasteiger partial charge in [0.2, 0.25) is 0 Å². The van der Waals surface area contributed by atoms with E-state index in [1.54, 1.807) is 0 Å². The number of carboxylic acids is 1. The number of carbonyl (C=O) groups is 1. The molecule has 18 heavy (non-hydrogen) atoms. The van der Waals surface area contributed by atoms with Crippen LogP contribution in [0.25, 0.3) is 10.9 Å². The van der Waals surface area contributed by atoms with Crippen LogP contribution in [0.15, 0.2) is 24.4 Å². The number of aryl methyl sites for hydroxylation is 1. The summed E-state index contributed by atoms with van der Waals surface area (Å²) in [6.45, 7) is 3.80. The van der Waals surface area contributed by atoms with Crippen LogP contribution in [0.3, 0.4) is 0 Å². The minimum absolute atomic E-state index is 0.0606. The van der Waals surface area contributed by atoms with Crippen molar-refractivity contribution in [3.05, 3.63) is 35.0 Å². The molecule has 1 aromatic carbocycles. The van der Waals surface area contributed by atoms with Gasteiger partial charge in [0, 0.05) is 29.6 Å². The molecule has 0 saturated heterocycles. The third-order valence-corrected chi connectivity index (χ3v) is 3.73. The Balaban J connectivity index is 2.58. The fourth-order valence-electron chi connectivity index (χ4n) is 2.31. The number of benzene rings is 1. The summed E-state index contributed by atoms with van der Waals surface area (Å²) in [4.78, 5) is 10.9. The van der Waals surface area contributed by atoms with Gasteiger partial charge in [0.05, 0.1) is 11.4 Å². The summed E-state index contributed by atoms with van der Waals surface area (Å²) in [5.74, 6) is -0.816. The molecule has 0 amide bonds. The molecule has 0 aliphatic carbocycles. The number of nitrogens with zero attached hydrogens (tertiary/aromatic N) is 1. The quantitative estimate of drug-likeness (QED) is 0.922. The number of aromatic nitrogens is 1. The fraction of sp³-hybridized carbons (Fsp3) is 0.357. The van der Waals surface area contributed by atoms with Crippen LogP contribution in [-0.2, 0) is 17.3 Å². The molecule has 96 valence electrons. The second-order valence-electron chi connectivity index (χ2n) is 5.24. The second kappa shape index (κ2) is 4.32. The SMILES string of the molecule is Cn1ccc2c(Cl)c(C(C)(C)CC(=O)O)ccc21. The van der Waals surface area contributed by atoms with E-state index in [2.05, 4.69) is 0 Å². The van der Waals surface area contributed by atoms with Crippen LogP contribution in [0.5, 0.6) is 0 Å². The van der Waals surface area contributed by atoms with Crippen molar-refractivity contribution in [2.75, 3.05) is 0 Å². The lowest BCUT2D eigenvalue weighted by Crippen LogP contribution is -2.22. The summed E-state index contributed by atoms with van der Waals surface area (Å²) in [5.41, 5.74) is 1.45. The molecular weight excluding hydrogens is 250 g/mol. The molecule has 2 aromatic rings. The Morgan fingerprint density at radius 3 is 2.67 bits per heavy atom. The summed E-state index contributed by atoms with van der Waals surface area (Å²) in [5, 5.41) is 10.6. The van der Waals surface area contributed by atoms with Crippen LogP contribution in [0, 0.1) is 0 Å². The van der Waals surface area contributed by atoms with Crippen molar-refractivity contribution in [2.24, 2.45) is 7.05 Å². The zero-order valence-corrected chi connectivity index (χ0v) is 11.5. The monoisotopic (exact) mass is 265 g/mol. The number of rotatable bonds is 3. The highest BCUT2D eigenvalue weighted by atomic mass is 35.5. The van der Waals surface area contributed by atoms with Crippen molar-refractivity contribution in [3.8, 4) is 0 Å². The predicted molar refractivity (Wildman–Crippen MR) is 73.2 cm³/mol. The molecule has 1 heterocycles. The third-order valence-electron chi connectivity index (χ3n) is 3.32. The van der Waals surface area contributed by atoms with E-state index >= 15 is 0 Å². The fourth-order valence-corrected chi connectivity index (χ4v) is 2.79. The van der Waals surface area contributed by atoms with Gasteiger partial charge in [0.1, 0.15) is 0 Å². The Kier molecular flexibility index (Phi) is 3.11. The Morgan fingerprint density at radius 1 is 1.39 bits per heavy atom. The molecule has 4 heteroatoms. The lowest BCUT2D eigenvalue weighted by atomic mass is 9.81. The van der Waals surface area contributed by atoms with E-state index < -0.39 is 11.4 Å². The van der Waals surface area contributed by atoms with Gasteiger partial charge in [-0.25, -0.2) is 0 Å². The number of fused-ring (bicyclic) bond motifs is 1. The van der Waals surface area contributed by atoms with Gasteiger partial charge in [-0.1, -0.05) is 31.5 Å². The topological polar surface area (TPSA) is 42.2 Å². The summed E-state index contributed by atoms with van der Waals surface area (Å²) >= 11 is 6.42. The van der Waals surface area contributed by atoms with E-state index in [-0.39, 0.29) is 6.42 Å². The number of halogens is 1. The van der Waals surface area contributed by atoms with Gasteiger partial charge in [-0.3, -0.25) is 4.79 Å². The van der Waals surface area contributed by atoms with Crippen LogP contribution < -0.4 is 0 Å². The van der Waals surface area contributed by atoms with Crippen LogP contribution in [0.4, 0.5) is 0 Å². The number of aliphatic carboxylic acids is 1. The van der Waals surface area contributed by atoms with Gasteiger partial charge in [-0.05, 0) is 17.7 Å². The Labute approximate surface area is 111 Å². The zero-order chi connectivity index (χ0) is 13.5. The van der Waals surface area contributed by atoms with Crippen LogP contribution >= 0.6 is 11.6 Å². The van der Waals surface area contributed by atoms with Crippen molar-refractivity contribution in [1.82, 2.24) is 4.57 Å². The molecule has 1 aromatic heterocycles. The van der Waals surface area contributed by atoms with E-state index in [0.29, 0.717) is 5.02 Å². The van der Waals surface area contributed by atoms with Crippen LogP contribution in [0.1, 0.15) is 25.8 Å². The molecule has 2 rings (SSSR count). The molecule has 0 spiro atoms. The lowest BCUT2D eigenvalue weighted by Gasteiger charge is -2.24. The van der Waals surface area contributed by atoms with Crippen molar-refractivity contribution in [1.29, 1.82) is 0 Å². The number of carboxylic acid groups (broad SMARTS) is 1. The van der Waals surface area contributed by atoms with E-state index in [1.165, 1.54) is 0 Å². The number of hydrogen-bond donors (Lipinski definition) is 1. The minimum Gasteiger partial charge on any atom is -0.481 e. The van der Waals surface area contributed by atoms with Crippen molar-refractivity contribution < 1.29 is 9.90 Å². The molecule has 3 nitrogen and oxygen atoms in total. The second-order valence-corrected chi connectivity index (χ2v) is 5.62. The van der Waals surface area contributed by atoms with Crippen molar-refractivity contribution in [2.45, 2.75) is 25.7 Å². The average Bonchev–Trinajstić information content (AvgIpc) is 2.59. The normalized spacial score (nSPS) is 12.0. The van der Waals surface area contributed by atoms with Crippen molar-refractivity contribution in [3.63, 3.8) is 0 Å². The maximum Gasteiger partial charge on any atom is 0.304 e. The third kappa shape index (κ3) is 2.10. The summed E-state index contributed by atoms with van der Waals surface area (Å²) in [6, 6.07) is 5.87. The first kappa shape index (κ1) is 13.0. The molecule has 0 atom stereocenters. The van der Waals surface area contributed by atoms with Gasteiger partial charge in [0.25, 0.3) is 0 Å². The van der Waals surface area contributed by atoms with E-state index in [1.807, 2.05) is 49.9 Å². The molecule has 0 aliphatic rings. The highest BCUT2D eigenvalue weighted by molar-refractivity contribution is 6.36. The van der Waals surface area contributed by atoms with Crippen molar-refractivity contribution >= 4 is 28.5 Å². The summed E-state index contributed by atoms with van der Waals surface area (Å²) in [6.07, 6.45) is 2.01. The molecule has 0 radical (unpaired) electrons. The Bertz CT molecular complexity index is 614. The molecule has 1 N–H and O–H groups in total. The maximum atomic E-state index is 10.9. The smallest absolute Gasteiger partial charge is 0.304 e. The maximum absolute atomic E-state index is 10.9. The molecule has 0 bridgehead atoms. The lowest BCUT2D eigenvalue weighted by molar-refractivity contribution is -0.138. The van der Waals surface area contributed by atoms with Crippen LogP contribution in [-0.4, -0.2) is 15.6 Å². The first-order chi connectivity index (χ1) is 8.33. The number of hydrogen-bond acceptors (Lipinski definition) is 1.